The van der Waals surface area contributed by atoms with Crippen molar-refractivity contribution in [3.63, 3.8) is 0 Å². The van der Waals surface area contributed by atoms with Crippen LogP contribution in [0.2, 0.25) is 0 Å². The minimum absolute atomic E-state index is 0.0370. The predicted octanol–water partition coefficient (Wildman–Crippen LogP) is 3.92. The van der Waals surface area contributed by atoms with Gasteiger partial charge in [-0.25, -0.2) is 0 Å². The van der Waals surface area contributed by atoms with Crippen molar-refractivity contribution in [3.05, 3.63) is 77.9 Å². The minimum atomic E-state index is -0.825. The highest BCUT2D eigenvalue weighted by Crippen LogP contribution is 2.28. The standard InChI is InChI=1S/C21H21NO2S2/c23-19(12-11-16-7-3-1-4-8-16)14-20(24)22-18(15-26-21(22)25)13-17-9-5-2-6-10-17/h1-12,18-19,23H,13-15H2/b12-11+/t18-,19+/m0/s1. The first-order chi connectivity index (χ1) is 12.6. The Hall–Kier alpha value is -1.95. The van der Waals surface area contributed by atoms with E-state index < -0.39 is 6.10 Å². The zero-order valence-corrected chi connectivity index (χ0v) is 16.0. The summed E-state index contributed by atoms with van der Waals surface area (Å²) in [6, 6.07) is 19.9. The van der Waals surface area contributed by atoms with Gasteiger partial charge in [0.2, 0.25) is 5.91 Å². The normalized spacial score (nSPS) is 18.4. The lowest BCUT2D eigenvalue weighted by atomic mass is 10.1. The molecule has 1 saturated heterocycles. The zero-order valence-electron chi connectivity index (χ0n) is 14.3. The van der Waals surface area contributed by atoms with Gasteiger partial charge in [-0.3, -0.25) is 9.69 Å². The van der Waals surface area contributed by atoms with Crippen LogP contribution < -0.4 is 0 Å². The van der Waals surface area contributed by atoms with Crippen molar-refractivity contribution in [3.8, 4) is 0 Å². The van der Waals surface area contributed by atoms with E-state index in [1.54, 1.807) is 11.0 Å². The van der Waals surface area contributed by atoms with Crippen molar-refractivity contribution in [2.75, 3.05) is 5.75 Å². The molecule has 0 bridgehead atoms. The Morgan fingerprint density at radius 2 is 1.85 bits per heavy atom. The van der Waals surface area contributed by atoms with E-state index in [4.69, 9.17) is 12.2 Å². The van der Waals surface area contributed by atoms with Crippen LogP contribution in [0.3, 0.4) is 0 Å². The number of aliphatic hydroxyl groups is 1. The Balaban J connectivity index is 1.61. The van der Waals surface area contributed by atoms with Crippen LogP contribution in [0.4, 0.5) is 0 Å². The van der Waals surface area contributed by atoms with Crippen LogP contribution in [-0.2, 0) is 11.2 Å². The van der Waals surface area contributed by atoms with Crippen LogP contribution in [0.1, 0.15) is 17.5 Å². The number of aliphatic hydroxyl groups excluding tert-OH is 1. The lowest BCUT2D eigenvalue weighted by molar-refractivity contribution is -0.129. The van der Waals surface area contributed by atoms with Crippen molar-refractivity contribution in [1.82, 2.24) is 4.90 Å². The van der Waals surface area contributed by atoms with Crippen molar-refractivity contribution in [2.45, 2.75) is 25.0 Å². The molecule has 1 aliphatic heterocycles. The molecule has 0 aromatic heterocycles. The molecule has 3 rings (SSSR count). The van der Waals surface area contributed by atoms with Crippen LogP contribution in [0.5, 0.6) is 0 Å². The molecule has 0 spiro atoms. The lowest BCUT2D eigenvalue weighted by Gasteiger charge is -2.24. The number of thiocarbonyl (C=S) groups is 1. The monoisotopic (exact) mass is 383 g/mol. The Morgan fingerprint density at radius 1 is 1.19 bits per heavy atom. The Morgan fingerprint density at radius 3 is 2.54 bits per heavy atom. The average Bonchev–Trinajstić information content (AvgIpc) is 3.02. The number of hydrogen-bond donors (Lipinski definition) is 1. The molecule has 0 saturated carbocycles. The third-order valence-electron chi connectivity index (χ3n) is 4.24. The van der Waals surface area contributed by atoms with E-state index in [-0.39, 0.29) is 18.4 Å². The number of carbonyl (C=O) groups is 1. The molecule has 3 nitrogen and oxygen atoms in total. The summed E-state index contributed by atoms with van der Waals surface area (Å²) in [6.07, 6.45) is 3.47. The summed E-state index contributed by atoms with van der Waals surface area (Å²) in [5.41, 5.74) is 2.18. The van der Waals surface area contributed by atoms with Crippen molar-refractivity contribution < 1.29 is 9.90 Å². The second-order valence-corrected chi connectivity index (χ2v) is 7.88. The van der Waals surface area contributed by atoms with Gasteiger partial charge in [-0.2, -0.15) is 0 Å². The number of rotatable bonds is 6. The van der Waals surface area contributed by atoms with E-state index in [0.29, 0.717) is 4.32 Å². The first-order valence-corrected chi connectivity index (χ1v) is 9.97. The predicted molar refractivity (Wildman–Crippen MR) is 112 cm³/mol. The van der Waals surface area contributed by atoms with Crippen LogP contribution in [0.25, 0.3) is 6.08 Å². The van der Waals surface area contributed by atoms with Gasteiger partial charge in [0, 0.05) is 5.75 Å². The first-order valence-electron chi connectivity index (χ1n) is 8.57. The fraction of sp³-hybridized carbons (Fsp3) is 0.238. The van der Waals surface area contributed by atoms with Crippen LogP contribution in [0, 0.1) is 0 Å². The van der Waals surface area contributed by atoms with Crippen molar-refractivity contribution >= 4 is 40.3 Å². The molecule has 2 aromatic rings. The number of benzene rings is 2. The van der Waals surface area contributed by atoms with Crippen molar-refractivity contribution in [1.29, 1.82) is 0 Å². The quantitative estimate of drug-likeness (QED) is 0.768. The van der Waals surface area contributed by atoms with Gasteiger partial charge in [0.05, 0.1) is 18.6 Å². The van der Waals surface area contributed by atoms with Gasteiger partial charge in [-0.15, -0.1) is 0 Å². The maximum atomic E-state index is 12.7. The molecule has 1 aliphatic rings. The third-order valence-corrected chi connectivity index (χ3v) is 5.78. The van der Waals surface area contributed by atoms with E-state index in [2.05, 4.69) is 12.1 Å². The Kier molecular flexibility index (Phi) is 6.61. The van der Waals surface area contributed by atoms with E-state index in [1.165, 1.54) is 17.3 Å². The second-order valence-electron chi connectivity index (χ2n) is 6.23. The summed E-state index contributed by atoms with van der Waals surface area (Å²) in [7, 11) is 0. The maximum Gasteiger partial charge on any atom is 0.231 e. The summed E-state index contributed by atoms with van der Waals surface area (Å²) in [6.45, 7) is 0. The Bertz CT molecular complexity index is 777. The largest absolute Gasteiger partial charge is 0.388 e. The molecule has 134 valence electrons. The molecule has 2 aromatic carbocycles. The number of hydrogen-bond acceptors (Lipinski definition) is 4. The maximum absolute atomic E-state index is 12.7. The molecule has 1 fully saturated rings. The topological polar surface area (TPSA) is 40.5 Å². The van der Waals surface area contributed by atoms with Crippen LogP contribution >= 0.6 is 24.0 Å². The third kappa shape index (κ3) is 5.04. The Labute approximate surface area is 163 Å². The van der Waals surface area contributed by atoms with Crippen LogP contribution in [0.15, 0.2) is 66.7 Å². The van der Waals surface area contributed by atoms with Gasteiger partial charge in [0.15, 0.2) is 0 Å². The zero-order chi connectivity index (χ0) is 18.4. The fourth-order valence-electron chi connectivity index (χ4n) is 2.93. The van der Waals surface area contributed by atoms with E-state index in [1.807, 2.05) is 54.6 Å². The van der Waals surface area contributed by atoms with Gasteiger partial charge in [-0.1, -0.05) is 96.8 Å². The van der Waals surface area contributed by atoms with Gasteiger partial charge in [0.25, 0.3) is 0 Å². The van der Waals surface area contributed by atoms with Crippen LogP contribution in [-0.4, -0.2) is 38.1 Å². The summed E-state index contributed by atoms with van der Waals surface area (Å²) in [5, 5.41) is 10.2. The van der Waals surface area contributed by atoms with E-state index in [0.717, 1.165) is 17.7 Å². The highest BCUT2D eigenvalue weighted by Gasteiger charge is 2.34. The first kappa shape index (κ1) is 18.8. The fourth-order valence-corrected chi connectivity index (χ4v) is 4.38. The minimum Gasteiger partial charge on any atom is -0.388 e. The molecule has 0 unspecified atom stereocenters. The molecule has 0 radical (unpaired) electrons. The summed E-state index contributed by atoms with van der Waals surface area (Å²) >= 11 is 6.91. The molecule has 1 N–H and O–H groups in total. The number of nitrogens with zero attached hydrogens (tertiary/aromatic N) is 1. The molecule has 0 aliphatic carbocycles. The second kappa shape index (κ2) is 9.12. The van der Waals surface area contributed by atoms with E-state index >= 15 is 0 Å². The highest BCUT2D eigenvalue weighted by molar-refractivity contribution is 8.23. The summed E-state index contributed by atoms with van der Waals surface area (Å²) < 4.78 is 0.607. The molecule has 1 heterocycles. The van der Waals surface area contributed by atoms with Gasteiger partial charge in [0.1, 0.15) is 4.32 Å². The molecule has 26 heavy (non-hydrogen) atoms. The molecular formula is C21H21NO2S2. The summed E-state index contributed by atoms with van der Waals surface area (Å²) in [5.74, 6) is 0.682. The molecule has 1 amide bonds. The SMILES string of the molecule is O=C(C[C@H](O)/C=C/c1ccccc1)N1C(=S)SC[C@@H]1Cc1ccccc1. The van der Waals surface area contributed by atoms with Crippen molar-refractivity contribution in [2.24, 2.45) is 0 Å². The molecule has 2 atom stereocenters. The van der Waals surface area contributed by atoms with Gasteiger partial charge >= 0.3 is 0 Å². The molecule has 5 heteroatoms. The van der Waals surface area contributed by atoms with E-state index in [9.17, 15) is 9.90 Å². The highest BCUT2D eigenvalue weighted by atomic mass is 32.2. The van der Waals surface area contributed by atoms with Gasteiger partial charge < -0.3 is 5.11 Å². The average molecular weight is 384 g/mol. The smallest absolute Gasteiger partial charge is 0.231 e. The number of amides is 1. The number of carbonyl (C=O) groups excluding carboxylic acids is 1. The summed E-state index contributed by atoms with van der Waals surface area (Å²) in [4.78, 5) is 14.4. The lowest BCUT2D eigenvalue weighted by Crippen LogP contribution is -2.41. The molecular weight excluding hydrogens is 362 g/mol. The number of thioether (sulfide) groups is 1. The van der Waals surface area contributed by atoms with Gasteiger partial charge in [-0.05, 0) is 17.5 Å².